The fraction of sp³-hybridized carbons (Fsp3) is 0.818. The maximum absolute atomic E-state index is 11.9. The quantitative estimate of drug-likeness (QED) is 0.540. The zero-order valence-corrected chi connectivity index (χ0v) is 11.6. The maximum atomic E-state index is 11.9. The fourth-order valence-corrected chi connectivity index (χ4v) is 2.48. The van der Waals surface area contributed by atoms with Gasteiger partial charge in [0.15, 0.2) is 0 Å². The largest absolute Gasteiger partial charge is 0.383 e. The number of methoxy groups -OCH3 is 1. The molecule has 2 unspecified atom stereocenters. The molecule has 0 spiro atoms. The minimum Gasteiger partial charge on any atom is -0.383 e. The van der Waals surface area contributed by atoms with Crippen LogP contribution in [0.1, 0.15) is 6.92 Å². The second kappa shape index (κ2) is 8.34. The molecule has 2 atom stereocenters. The van der Waals surface area contributed by atoms with Gasteiger partial charge >= 0.3 is 0 Å². The van der Waals surface area contributed by atoms with Crippen molar-refractivity contribution in [2.45, 2.75) is 19.0 Å². The van der Waals surface area contributed by atoms with Crippen molar-refractivity contribution < 1.29 is 14.3 Å². The average molecular weight is 275 g/mol. The molecule has 1 saturated heterocycles. The van der Waals surface area contributed by atoms with Crippen LogP contribution in [0.3, 0.4) is 0 Å². The minimum absolute atomic E-state index is 0.114. The van der Waals surface area contributed by atoms with Gasteiger partial charge in [-0.1, -0.05) is 0 Å². The molecule has 0 aliphatic carbocycles. The molecule has 0 bridgehead atoms. The Bertz CT molecular complexity index is 283. The van der Waals surface area contributed by atoms with Gasteiger partial charge in [0.05, 0.1) is 12.6 Å². The zero-order chi connectivity index (χ0) is 13.4. The van der Waals surface area contributed by atoms with Crippen LogP contribution in [0.2, 0.25) is 0 Å². The first-order valence-electron chi connectivity index (χ1n) is 6.03. The second-order valence-electron chi connectivity index (χ2n) is 4.10. The molecule has 0 radical (unpaired) electrons. The highest BCUT2D eigenvalue weighted by Gasteiger charge is 2.23. The summed E-state index contributed by atoms with van der Waals surface area (Å²) >= 11 is 1.74. The topological polar surface area (TPSA) is 79.5 Å². The van der Waals surface area contributed by atoms with E-state index < -0.39 is 6.04 Å². The van der Waals surface area contributed by atoms with Crippen LogP contribution in [0.5, 0.6) is 0 Å². The monoisotopic (exact) mass is 275 g/mol. The number of rotatable bonds is 6. The van der Waals surface area contributed by atoms with Crippen molar-refractivity contribution in [3.63, 3.8) is 0 Å². The molecule has 1 rings (SSSR count). The van der Waals surface area contributed by atoms with Gasteiger partial charge in [-0.15, -0.1) is 0 Å². The first-order chi connectivity index (χ1) is 8.65. The molecule has 6 nitrogen and oxygen atoms in total. The van der Waals surface area contributed by atoms with Gasteiger partial charge in [0, 0.05) is 31.7 Å². The highest BCUT2D eigenvalue weighted by atomic mass is 32.2. The molecule has 18 heavy (non-hydrogen) atoms. The first-order valence-corrected chi connectivity index (χ1v) is 7.18. The molecule has 1 fully saturated rings. The molecule has 2 amide bonds. The third-order valence-corrected chi connectivity index (χ3v) is 3.66. The van der Waals surface area contributed by atoms with Crippen LogP contribution in [0.25, 0.3) is 0 Å². The summed E-state index contributed by atoms with van der Waals surface area (Å²) in [6.45, 7) is 3.42. The second-order valence-corrected chi connectivity index (χ2v) is 5.25. The van der Waals surface area contributed by atoms with E-state index in [0.29, 0.717) is 13.2 Å². The molecular weight excluding hydrogens is 254 g/mol. The summed E-state index contributed by atoms with van der Waals surface area (Å²) in [6, 6.07) is -0.721. The van der Waals surface area contributed by atoms with Crippen LogP contribution in [-0.4, -0.2) is 62.2 Å². The number of carbonyl (C=O) groups is 2. The van der Waals surface area contributed by atoms with Crippen LogP contribution < -0.4 is 16.0 Å². The van der Waals surface area contributed by atoms with E-state index in [9.17, 15) is 9.59 Å². The van der Waals surface area contributed by atoms with E-state index in [2.05, 4.69) is 16.0 Å². The van der Waals surface area contributed by atoms with Gasteiger partial charge in [-0.05, 0) is 6.92 Å². The normalized spacial score (nSPS) is 21.1. The maximum Gasteiger partial charge on any atom is 0.242 e. The molecule has 0 aromatic carbocycles. The van der Waals surface area contributed by atoms with Crippen LogP contribution in [0.15, 0.2) is 0 Å². The lowest BCUT2D eigenvalue weighted by molar-refractivity contribution is -0.129. The highest BCUT2D eigenvalue weighted by Crippen LogP contribution is 2.07. The van der Waals surface area contributed by atoms with Crippen molar-refractivity contribution >= 4 is 23.6 Å². The van der Waals surface area contributed by atoms with E-state index in [4.69, 9.17) is 4.74 Å². The predicted molar refractivity (Wildman–Crippen MR) is 71.6 cm³/mol. The van der Waals surface area contributed by atoms with Gasteiger partial charge < -0.3 is 20.7 Å². The van der Waals surface area contributed by atoms with Crippen molar-refractivity contribution in [1.29, 1.82) is 0 Å². The Morgan fingerprint density at radius 1 is 1.56 bits per heavy atom. The van der Waals surface area contributed by atoms with Gasteiger partial charge in [-0.25, -0.2) is 0 Å². The smallest absolute Gasteiger partial charge is 0.242 e. The van der Waals surface area contributed by atoms with E-state index >= 15 is 0 Å². The SMILES string of the molecule is COCCNC(=O)C(C)NC(=O)C1CSCCN1. The number of nitrogens with one attached hydrogen (secondary N) is 3. The van der Waals surface area contributed by atoms with Crippen molar-refractivity contribution in [3.8, 4) is 0 Å². The molecular formula is C11H21N3O3S. The third-order valence-electron chi connectivity index (χ3n) is 2.60. The van der Waals surface area contributed by atoms with Crippen molar-refractivity contribution in [3.05, 3.63) is 0 Å². The van der Waals surface area contributed by atoms with Gasteiger partial charge in [-0.3, -0.25) is 9.59 Å². The predicted octanol–water partition coefficient (Wildman–Crippen LogP) is -1.04. The molecule has 7 heteroatoms. The Labute approximate surface area is 112 Å². The Hall–Kier alpha value is -0.790. The van der Waals surface area contributed by atoms with Crippen molar-refractivity contribution in [2.75, 3.05) is 38.3 Å². The van der Waals surface area contributed by atoms with Gasteiger partial charge in [-0.2, -0.15) is 11.8 Å². The highest BCUT2D eigenvalue weighted by molar-refractivity contribution is 7.99. The molecule has 1 aliphatic heterocycles. The number of carbonyl (C=O) groups excluding carboxylic acids is 2. The average Bonchev–Trinajstić information content (AvgIpc) is 2.39. The van der Waals surface area contributed by atoms with Gasteiger partial charge in [0.25, 0.3) is 0 Å². The summed E-state index contributed by atoms with van der Waals surface area (Å²) in [5.41, 5.74) is 0. The number of hydrogen-bond acceptors (Lipinski definition) is 5. The van der Waals surface area contributed by atoms with Crippen molar-refractivity contribution in [1.82, 2.24) is 16.0 Å². The van der Waals surface area contributed by atoms with E-state index in [-0.39, 0.29) is 17.9 Å². The van der Waals surface area contributed by atoms with E-state index in [1.807, 2.05) is 0 Å². The van der Waals surface area contributed by atoms with E-state index in [1.54, 1.807) is 25.8 Å². The Morgan fingerprint density at radius 2 is 2.33 bits per heavy atom. The Morgan fingerprint density at radius 3 is 2.94 bits per heavy atom. The zero-order valence-electron chi connectivity index (χ0n) is 10.8. The van der Waals surface area contributed by atoms with Crippen LogP contribution in [-0.2, 0) is 14.3 Å². The Kier molecular flexibility index (Phi) is 7.07. The molecule has 104 valence electrons. The lowest BCUT2D eigenvalue weighted by atomic mass is 10.2. The van der Waals surface area contributed by atoms with Gasteiger partial charge in [0.1, 0.15) is 6.04 Å². The number of hydrogen-bond donors (Lipinski definition) is 3. The molecule has 0 saturated carbocycles. The summed E-state index contributed by atoms with van der Waals surface area (Å²) in [7, 11) is 1.57. The molecule has 3 N–H and O–H groups in total. The van der Waals surface area contributed by atoms with Crippen LogP contribution >= 0.6 is 11.8 Å². The summed E-state index contributed by atoms with van der Waals surface area (Å²) in [4.78, 5) is 23.5. The van der Waals surface area contributed by atoms with Crippen LogP contribution in [0.4, 0.5) is 0 Å². The summed E-state index contributed by atoms with van der Waals surface area (Å²) in [5.74, 6) is 1.47. The summed E-state index contributed by atoms with van der Waals surface area (Å²) < 4.78 is 4.83. The Balaban J connectivity index is 2.27. The summed E-state index contributed by atoms with van der Waals surface area (Å²) in [6.07, 6.45) is 0. The van der Waals surface area contributed by atoms with E-state index in [1.165, 1.54) is 0 Å². The fourth-order valence-electron chi connectivity index (χ4n) is 1.54. The minimum atomic E-state index is -0.525. The lowest BCUT2D eigenvalue weighted by Gasteiger charge is -2.24. The molecule has 1 heterocycles. The number of ether oxygens (including phenoxy) is 1. The number of amides is 2. The lowest BCUT2D eigenvalue weighted by Crippen LogP contribution is -2.54. The van der Waals surface area contributed by atoms with Crippen molar-refractivity contribution in [2.24, 2.45) is 0 Å². The third kappa shape index (κ3) is 5.24. The van der Waals surface area contributed by atoms with E-state index in [0.717, 1.165) is 18.1 Å². The molecule has 0 aromatic rings. The van der Waals surface area contributed by atoms with Crippen LogP contribution in [0, 0.1) is 0 Å². The summed E-state index contributed by atoms with van der Waals surface area (Å²) in [5, 5.41) is 8.53. The number of thioether (sulfide) groups is 1. The molecule has 1 aliphatic rings. The standard InChI is InChI=1S/C11H21N3O3S/c1-8(10(15)13-3-5-17-2)14-11(16)9-7-18-6-4-12-9/h8-9,12H,3-7H2,1-2H3,(H,13,15)(H,14,16). The molecule has 0 aromatic heterocycles. The van der Waals surface area contributed by atoms with Gasteiger partial charge in [0.2, 0.25) is 11.8 Å². The first kappa shape index (κ1) is 15.3.